The molecule has 2 N–H and O–H groups in total. The Kier molecular flexibility index (Phi) is 7.11. The number of aryl methyl sites for hydroxylation is 1. The van der Waals surface area contributed by atoms with E-state index in [0.29, 0.717) is 33.3 Å². The van der Waals surface area contributed by atoms with Gasteiger partial charge in [-0.1, -0.05) is 18.3 Å². The fourth-order valence-corrected chi connectivity index (χ4v) is 5.82. The number of pyridine rings is 1. The molecule has 0 aliphatic carbocycles. The third-order valence-corrected chi connectivity index (χ3v) is 8.13. The van der Waals surface area contributed by atoms with Crippen LogP contribution in [-0.2, 0) is 6.42 Å². The maximum absolute atomic E-state index is 13.5. The summed E-state index contributed by atoms with van der Waals surface area (Å²) in [6.45, 7) is 4.07. The Bertz CT molecular complexity index is 1680. The predicted molar refractivity (Wildman–Crippen MR) is 155 cm³/mol. The zero-order valence-electron chi connectivity index (χ0n) is 22.2. The molecule has 5 aromatic rings. The first-order chi connectivity index (χ1) is 19.5. The van der Waals surface area contributed by atoms with Gasteiger partial charge in [0.15, 0.2) is 5.13 Å². The fraction of sp³-hybridized carbons (Fsp3) is 0.276. The number of nitrogens with one attached hydrogen (secondary N) is 2. The SMILES string of the molecule is CCc1nc2ccc(-c3cnc(NC4CCNCC4)nc3)cn2c1N(C)c1nc(-c2ccc(F)cc2)c(C#N)s1. The van der Waals surface area contributed by atoms with Crippen molar-refractivity contribution in [2.45, 2.75) is 32.2 Å². The maximum Gasteiger partial charge on any atom is 0.222 e. The highest BCUT2D eigenvalue weighted by molar-refractivity contribution is 7.16. The highest BCUT2D eigenvalue weighted by atomic mass is 32.1. The number of fused-ring (bicyclic) bond motifs is 1. The highest BCUT2D eigenvalue weighted by Gasteiger charge is 2.22. The van der Waals surface area contributed by atoms with Gasteiger partial charge in [-0.3, -0.25) is 4.40 Å². The predicted octanol–water partition coefficient (Wildman–Crippen LogP) is 5.42. The Morgan fingerprint density at radius 3 is 2.50 bits per heavy atom. The van der Waals surface area contributed by atoms with Gasteiger partial charge in [-0.25, -0.2) is 24.3 Å². The Morgan fingerprint density at radius 2 is 1.80 bits per heavy atom. The standard InChI is InChI=1S/C29H28FN9S/c1-3-23-27(38(2)29-37-26(24(14-31)40-29)18-4-7-21(30)8-5-18)39-17-19(6-9-25(39)36-23)20-15-33-28(34-16-20)35-22-10-12-32-13-11-22/h4-9,15-17,22,32H,3,10-13H2,1-2H3,(H,33,34,35). The molecule has 1 saturated heterocycles. The number of imidazole rings is 1. The Morgan fingerprint density at radius 1 is 1.07 bits per heavy atom. The first-order valence-electron chi connectivity index (χ1n) is 13.2. The molecular formula is C29H28FN9S. The summed E-state index contributed by atoms with van der Waals surface area (Å²) in [6.07, 6.45) is 8.54. The van der Waals surface area contributed by atoms with E-state index in [1.807, 2.05) is 47.1 Å². The van der Waals surface area contributed by atoms with E-state index < -0.39 is 0 Å². The fourth-order valence-electron chi connectivity index (χ4n) is 4.97. The Hall–Kier alpha value is -4.40. The average molecular weight is 554 g/mol. The third-order valence-electron chi connectivity index (χ3n) is 7.09. The molecule has 0 unspecified atom stereocenters. The molecule has 6 rings (SSSR count). The van der Waals surface area contributed by atoms with Crippen LogP contribution in [0, 0.1) is 17.1 Å². The molecule has 1 aliphatic rings. The van der Waals surface area contributed by atoms with Crippen molar-refractivity contribution >= 4 is 33.9 Å². The maximum atomic E-state index is 13.5. The number of aromatic nitrogens is 5. The normalized spacial score (nSPS) is 13.8. The molecular weight excluding hydrogens is 525 g/mol. The van der Waals surface area contributed by atoms with E-state index in [1.54, 1.807) is 12.1 Å². The van der Waals surface area contributed by atoms with Crippen LogP contribution in [0.25, 0.3) is 28.0 Å². The summed E-state index contributed by atoms with van der Waals surface area (Å²) < 4.78 is 15.5. The van der Waals surface area contributed by atoms with Crippen LogP contribution in [0.1, 0.15) is 30.3 Å². The molecule has 1 fully saturated rings. The number of thiazole rings is 1. The molecule has 0 saturated carbocycles. The minimum atomic E-state index is -0.331. The number of anilines is 3. The van der Waals surface area contributed by atoms with E-state index >= 15 is 0 Å². The van der Waals surface area contributed by atoms with E-state index in [4.69, 9.17) is 9.97 Å². The first kappa shape index (κ1) is 25.9. The number of hydrogen-bond acceptors (Lipinski definition) is 9. The molecule has 0 spiro atoms. The average Bonchev–Trinajstić information content (AvgIpc) is 3.59. The minimum Gasteiger partial charge on any atom is -0.351 e. The summed E-state index contributed by atoms with van der Waals surface area (Å²) in [5.74, 6) is 1.18. The lowest BCUT2D eigenvalue weighted by atomic mass is 10.1. The van der Waals surface area contributed by atoms with Crippen LogP contribution in [0.15, 0.2) is 55.0 Å². The van der Waals surface area contributed by atoms with Gasteiger partial charge in [-0.2, -0.15) is 5.26 Å². The summed E-state index contributed by atoms with van der Waals surface area (Å²) in [7, 11) is 1.92. The Balaban J connectivity index is 1.33. The van der Waals surface area contributed by atoms with Gasteiger partial charge in [-0.05, 0) is 68.8 Å². The lowest BCUT2D eigenvalue weighted by Gasteiger charge is -2.23. The van der Waals surface area contributed by atoms with E-state index in [2.05, 4.69) is 33.6 Å². The smallest absolute Gasteiger partial charge is 0.222 e. The summed E-state index contributed by atoms with van der Waals surface area (Å²) >= 11 is 1.30. The largest absolute Gasteiger partial charge is 0.351 e. The summed E-state index contributed by atoms with van der Waals surface area (Å²) in [4.78, 5) is 21.2. The molecule has 1 aromatic carbocycles. The number of hydrogen-bond donors (Lipinski definition) is 2. The van der Waals surface area contributed by atoms with Gasteiger partial charge in [0.2, 0.25) is 5.95 Å². The zero-order chi connectivity index (χ0) is 27.6. The molecule has 202 valence electrons. The second-order valence-corrected chi connectivity index (χ2v) is 10.7. The molecule has 0 bridgehead atoms. The van der Waals surface area contributed by atoms with Crippen molar-refractivity contribution in [2.24, 2.45) is 0 Å². The van der Waals surface area contributed by atoms with Gasteiger partial charge >= 0.3 is 0 Å². The summed E-state index contributed by atoms with van der Waals surface area (Å²) in [6, 6.07) is 12.7. The van der Waals surface area contributed by atoms with Gasteiger partial charge in [0.05, 0.1) is 5.69 Å². The molecule has 0 atom stereocenters. The van der Waals surface area contributed by atoms with E-state index in [0.717, 1.165) is 60.6 Å². The van der Waals surface area contributed by atoms with Crippen molar-refractivity contribution in [3.05, 3.63) is 71.4 Å². The van der Waals surface area contributed by atoms with Crippen LogP contribution in [-0.4, -0.2) is 50.5 Å². The van der Waals surface area contributed by atoms with Crippen molar-refractivity contribution in [3.63, 3.8) is 0 Å². The monoisotopic (exact) mass is 553 g/mol. The Labute approximate surface area is 235 Å². The molecule has 0 radical (unpaired) electrons. The summed E-state index contributed by atoms with van der Waals surface area (Å²) in [5.41, 5.74) is 4.82. The van der Waals surface area contributed by atoms with Gasteiger partial charge in [0.25, 0.3) is 0 Å². The van der Waals surface area contributed by atoms with Gasteiger partial charge < -0.3 is 15.5 Å². The lowest BCUT2D eigenvalue weighted by molar-refractivity contribution is 0.477. The second kappa shape index (κ2) is 11.0. The van der Waals surface area contributed by atoms with Crippen LogP contribution in [0.4, 0.5) is 21.3 Å². The van der Waals surface area contributed by atoms with Crippen molar-refractivity contribution in [1.29, 1.82) is 5.26 Å². The molecule has 1 aliphatic heterocycles. The number of nitrogens with zero attached hydrogens (tertiary/aromatic N) is 7. The third kappa shape index (κ3) is 4.99. The minimum absolute atomic E-state index is 0.331. The van der Waals surface area contributed by atoms with Gasteiger partial charge in [0, 0.05) is 48.4 Å². The van der Waals surface area contributed by atoms with Gasteiger partial charge in [-0.15, -0.1) is 0 Å². The van der Waals surface area contributed by atoms with Crippen LogP contribution >= 0.6 is 11.3 Å². The van der Waals surface area contributed by atoms with Gasteiger partial charge in [0.1, 0.15) is 33.9 Å². The van der Waals surface area contributed by atoms with Crippen LogP contribution in [0.3, 0.4) is 0 Å². The zero-order valence-corrected chi connectivity index (χ0v) is 23.0. The molecule has 0 amide bonds. The molecule has 40 heavy (non-hydrogen) atoms. The lowest BCUT2D eigenvalue weighted by Crippen LogP contribution is -2.35. The number of rotatable bonds is 7. The molecule has 4 aromatic heterocycles. The van der Waals surface area contributed by atoms with Crippen LogP contribution in [0.5, 0.6) is 0 Å². The summed E-state index contributed by atoms with van der Waals surface area (Å²) in [5, 5.41) is 17.3. The van der Waals surface area contributed by atoms with Crippen LogP contribution in [0.2, 0.25) is 0 Å². The van der Waals surface area contributed by atoms with Crippen LogP contribution < -0.4 is 15.5 Å². The van der Waals surface area contributed by atoms with Crippen molar-refractivity contribution in [1.82, 2.24) is 29.7 Å². The van der Waals surface area contributed by atoms with Crippen molar-refractivity contribution < 1.29 is 4.39 Å². The molecule has 5 heterocycles. The second-order valence-electron chi connectivity index (χ2n) is 9.70. The van der Waals surface area contributed by atoms with E-state index in [-0.39, 0.29) is 5.82 Å². The topological polar surface area (TPSA) is 107 Å². The molecule has 11 heteroatoms. The van der Waals surface area contributed by atoms with E-state index in [1.165, 1.54) is 23.5 Å². The van der Waals surface area contributed by atoms with Crippen molar-refractivity contribution in [2.75, 3.05) is 30.4 Å². The number of halogens is 1. The first-order valence-corrected chi connectivity index (χ1v) is 14.1. The van der Waals surface area contributed by atoms with E-state index in [9.17, 15) is 9.65 Å². The number of piperidine rings is 1. The number of nitriles is 1. The highest BCUT2D eigenvalue weighted by Crippen LogP contribution is 2.37. The number of benzene rings is 1. The van der Waals surface area contributed by atoms with Crippen molar-refractivity contribution in [3.8, 4) is 28.5 Å². The molecule has 9 nitrogen and oxygen atoms in total. The quantitative estimate of drug-likeness (QED) is 0.275.